The number of rotatable bonds is 22. The summed E-state index contributed by atoms with van der Waals surface area (Å²) in [7, 11) is 0. The van der Waals surface area contributed by atoms with E-state index in [1.807, 2.05) is 12.5 Å². The molecule has 2 unspecified atom stereocenters. The maximum absolute atomic E-state index is 4.33. The van der Waals surface area contributed by atoms with E-state index in [1.165, 1.54) is 128 Å². The number of nitrogens with zero attached hydrogens (tertiary/aromatic N) is 2. The van der Waals surface area contributed by atoms with Crippen LogP contribution in [0.25, 0.3) is 0 Å². The van der Waals surface area contributed by atoms with E-state index in [1.54, 1.807) is 0 Å². The third-order valence-corrected chi connectivity index (χ3v) is 6.93. The Labute approximate surface area is 189 Å². The van der Waals surface area contributed by atoms with Gasteiger partial charge in [-0.15, -0.1) is 0 Å². The Morgan fingerprint density at radius 3 is 1.47 bits per heavy atom. The number of imidazole rings is 1. The number of unbranched alkanes of at least 4 members (excludes halogenated alkanes) is 16. The summed E-state index contributed by atoms with van der Waals surface area (Å²) in [4.78, 5) is 4.33. The Balaban J connectivity index is 2.14. The van der Waals surface area contributed by atoms with Crippen LogP contribution in [-0.2, 0) is 0 Å². The topological polar surface area (TPSA) is 17.8 Å². The maximum Gasteiger partial charge on any atom is 0.0948 e. The Morgan fingerprint density at radius 2 is 1.03 bits per heavy atom. The van der Waals surface area contributed by atoms with Gasteiger partial charge in [-0.25, -0.2) is 4.98 Å². The highest BCUT2D eigenvalue weighted by Crippen LogP contribution is 2.29. The highest BCUT2D eigenvalue weighted by Gasteiger charge is 2.18. The molecule has 1 aromatic heterocycles. The number of hydrogen-bond acceptors (Lipinski definition) is 1. The van der Waals surface area contributed by atoms with Crippen molar-refractivity contribution in [3.05, 3.63) is 18.7 Å². The van der Waals surface area contributed by atoms with Crippen molar-refractivity contribution in [3.8, 4) is 0 Å². The fourth-order valence-electron chi connectivity index (χ4n) is 4.83. The summed E-state index contributed by atoms with van der Waals surface area (Å²) in [6, 6.07) is 0.645. The Kier molecular flexibility index (Phi) is 18.3. The van der Waals surface area contributed by atoms with E-state index in [9.17, 15) is 0 Å². The van der Waals surface area contributed by atoms with Gasteiger partial charge in [0.15, 0.2) is 0 Å². The van der Waals surface area contributed by atoms with Crippen molar-refractivity contribution >= 4 is 0 Å². The first-order valence-corrected chi connectivity index (χ1v) is 13.8. The van der Waals surface area contributed by atoms with E-state index in [2.05, 4.69) is 36.5 Å². The molecule has 0 spiro atoms. The molecule has 0 bridgehead atoms. The molecule has 2 atom stereocenters. The summed E-state index contributed by atoms with van der Waals surface area (Å²) in [6.07, 6.45) is 34.5. The molecule has 0 aromatic carbocycles. The molecule has 30 heavy (non-hydrogen) atoms. The molecule has 0 aliphatic heterocycles. The zero-order chi connectivity index (χ0) is 21.7. The van der Waals surface area contributed by atoms with Gasteiger partial charge in [-0.3, -0.25) is 0 Å². The average molecular weight is 419 g/mol. The smallest absolute Gasteiger partial charge is 0.0948 e. The van der Waals surface area contributed by atoms with E-state index in [0.717, 1.165) is 5.92 Å². The van der Waals surface area contributed by atoms with Crippen molar-refractivity contribution in [2.45, 2.75) is 155 Å². The summed E-state index contributed by atoms with van der Waals surface area (Å²) in [5.74, 6) is 0.762. The third-order valence-electron chi connectivity index (χ3n) is 6.93. The van der Waals surface area contributed by atoms with Gasteiger partial charge in [-0.1, -0.05) is 136 Å². The van der Waals surface area contributed by atoms with Crippen molar-refractivity contribution in [3.63, 3.8) is 0 Å². The lowest BCUT2D eigenvalue weighted by Crippen LogP contribution is -2.16. The van der Waals surface area contributed by atoms with Crippen LogP contribution in [0.4, 0.5) is 0 Å². The normalized spacial score (nSPS) is 13.6. The summed E-state index contributed by atoms with van der Waals surface area (Å²) in [5.41, 5.74) is 0. The van der Waals surface area contributed by atoms with Crippen molar-refractivity contribution < 1.29 is 0 Å². The highest BCUT2D eigenvalue weighted by atomic mass is 15.1. The minimum absolute atomic E-state index is 0.645. The van der Waals surface area contributed by atoms with Crippen LogP contribution in [0.1, 0.15) is 155 Å². The molecule has 0 fully saturated rings. The fraction of sp³-hybridized carbons (Fsp3) is 0.893. The lowest BCUT2D eigenvalue weighted by Gasteiger charge is -2.25. The van der Waals surface area contributed by atoms with Crippen molar-refractivity contribution in [1.29, 1.82) is 0 Å². The molecule has 0 aliphatic rings. The minimum Gasteiger partial charge on any atom is -0.334 e. The number of hydrogen-bond donors (Lipinski definition) is 0. The summed E-state index contributed by atoms with van der Waals surface area (Å²) < 4.78 is 2.39. The van der Waals surface area contributed by atoms with Crippen LogP contribution in [0.2, 0.25) is 0 Å². The quantitative estimate of drug-likeness (QED) is 0.171. The van der Waals surface area contributed by atoms with Gasteiger partial charge < -0.3 is 4.57 Å². The molecule has 1 heterocycles. The van der Waals surface area contributed by atoms with Gasteiger partial charge in [0.25, 0.3) is 0 Å². The second-order valence-corrected chi connectivity index (χ2v) is 9.79. The first-order chi connectivity index (χ1) is 14.8. The second-order valence-electron chi connectivity index (χ2n) is 9.79. The van der Waals surface area contributed by atoms with E-state index >= 15 is 0 Å². The molecular formula is C28H54N2. The predicted molar refractivity (Wildman–Crippen MR) is 134 cm³/mol. The van der Waals surface area contributed by atoms with Crippen molar-refractivity contribution in [2.24, 2.45) is 5.92 Å². The monoisotopic (exact) mass is 418 g/mol. The molecule has 0 N–H and O–H groups in total. The predicted octanol–water partition coefficient (Wildman–Crippen LogP) is 9.90. The van der Waals surface area contributed by atoms with Gasteiger partial charge in [0.2, 0.25) is 0 Å². The lowest BCUT2D eigenvalue weighted by atomic mass is 9.90. The average Bonchev–Trinajstić information content (AvgIpc) is 3.28. The maximum atomic E-state index is 4.33. The third kappa shape index (κ3) is 14.3. The standard InChI is InChI=1S/C28H54N2/c1-4-6-8-10-12-14-15-17-19-21-23-28(30-25-24-29-26-30)27(3)22-20-18-16-13-11-9-7-5-2/h24-28H,4-23H2,1-3H3. The Bertz CT molecular complexity index is 440. The Morgan fingerprint density at radius 1 is 0.600 bits per heavy atom. The first-order valence-electron chi connectivity index (χ1n) is 13.8. The fourth-order valence-corrected chi connectivity index (χ4v) is 4.83. The summed E-state index contributed by atoms with van der Waals surface area (Å²) >= 11 is 0. The van der Waals surface area contributed by atoms with Gasteiger partial charge in [-0.2, -0.15) is 0 Å². The zero-order valence-corrected chi connectivity index (χ0v) is 20.9. The first kappa shape index (κ1) is 27.2. The van der Waals surface area contributed by atoms with Crippen molar-refractivity contribution in [1.82, 2.24) is 9.55 Å². The molecule has 2 heteroatoms. The lowest BCUT2D eigenvalue weighted by molar-refractivity contribution is 0.297. The molecule has 0 amide bonds. The van der Waals surface area contributed by atoms with Crippen LogP contribution < -0.4 is 0 Å². The molecule has 1 aromatic rings. The van der Waals surface area contributed by atoms with Crippen LogP contribution in [0.3, 0.4) is 0 Å². The molecule has 2 nitrogen and oxygen atoms in total. The van der Waals surface area contributed by atoms with Crippen molar-refractivity contribution in [2.75, 3.05) is 0 Å². The molecule has 1 rings (SSSR count). The highest BCUT2D eigenvalue weighted by molar-refractivity contribution is 4.83. The van der Waals surface area contributed by atoms with Gasteiger partial charge in [0.05, 0.1) is 6.33 Å². The molecular weight excluding hydrogens is 364 g/mol. The molecule has 0 aliphatic carbocycles. The van der Waals surface area contributed by atoms with Gasteiger partial charge in [0, 0.05) is 18.4 Å². The van der Waals surface area contributed by atoms with Crippen LogP contribution in [0.15, 0.2) is 18.7 Å². The molecule has 0 saturated heterocycles. The van der Waals surface area contributed by atoms with Gasteiger partial charge in [0.1, 0.15) is 0 Å². The van der Waals surface area contributed by atoms with Crippen LogP contribution >= 0.6 is 0 Å². The van der Waals surface area contributed by atoms with Crippen LogP contribution in [0, 0.1) is 5.92 Å². The summed E-state index contributed by atoms with van der Waals surface area (Å²) in [5, 5.41) is 0. The van der Waals surface area contributed by atoms with E-state index in [4.69, 9.17) is 0 Å². The van der Waals surface area contributed by atoms with E-state index in [0.29, 0.717) is 6.04 Å². The molecule has 176 valence electrons. The second kappa shape index (κ2) is 20.1. The van der Waals surface area contributed by atoms with E-state index < -0.39 is 0 Å². The largest absolute Gasteiger partial charge is 0.334 e. The molecule has 0 radical (unpaired) electrons. The van der Waals surface area contributed by atoms with Gasteiger partial charge >= 0.3 is 0 Å². The van der Waals surface area contributed by atoms with Gasteiger partial charge in [-0.05, 0) is 18.8 Å². The van der Waals surface area contributed by atoms with E-state index in [-0.39, 0.29) is 0 Å². The SMILES string of the molecule is CCCCCCCCCCCCC(C(C)CCCCCCCCCC)n1ccnc1. The molecule has 0 saturated carbocycles. The number of aromatic nitrogens is 2. The minimum atomic E-state index is 0.645. The van der Waals surface area contributed by atoms with Crippen LogP contribution in [-0.4, -0.2) is 9.55 Å². The summed E-state index contributed by atoms with van der Waals surface area (Å²) in [6.45, 7) is 7.07. The van der Waals surface area contributed by atoms with Crippen LogP contribution in [0.5, 0.6) is 0 Å². The Hall–Kier alpha value is -0.790. The zero-order valence-electron chi connectivity index (χ0n) is 20.9.